The molecule has 0 aromatic heterocycles. The van der Waals surface area contributed by atoms with Crippen LogP contribution >= 0.6 is 104 Å². The fraction of sp³-hybridized carbons (Fsp3) is 0.143. The van der Waals surface area contributed by atoms with E-state index in [-0.39, 0.29) is 52.0 Å². The van der Waals surface area contributed by atoms with E-state index in [1.807, 2.05) is 0 Å². The van der Waals surface area contributed by atoms with Crippen LogP contribution in [0.5, 0.6) is 0 Å². The Bertz CT molecular complexity index is 979. The molecule has 2 aromatic rings. The third-order valence-electron chi connectivity index (χ3n) is 3.80. The highest BCUT2D eigenvalue weighted by Crippen LogP contribution is 2.58. The third kappa shape index (κ3) is 2.69. The molecule has 2 nitrogen and oxygen atoms in total. The summed E-state index contributed by atoms with van der Waals surface area (Å²) in [5, 5.41) is 15.4. The zero-order valence-corrected chi connectivity index (χ0v) is 18.2. The van der Waals surface area contributed by atoms with E-state index in [2.05, 4.69) is 0 Å². The van der Waals surface area contributed by atoms with Crippen LogP contribution in [0.1, 0.15) is 11.1 Å². The molecule has 0 fully saturated rings. The maximum Gasteiger partial charge on any atom is 0.224 e. The molecule has 0 saturated carbocycles. The average molecular weight is 522 g/mol. The van der Waals surface area contributed by atoms with Crippen LogP contribution < -0.4 is 0 Å². The van der Waals surface area contributed by atoms with Crippen molar-refractivity contribution in [3.8, 4) is 0 Å². The summed E-state index contributed by atoms with van der Waals surface area (Å²) in [5.74, 6) is 0. The fourth-order valence-corrected chi connectivity index (χ4v) is 5.12. The highest BCUT2D eigenvalue weighted by molar-refractivity contribution is 6.61. The fourth-order valence-electron chi connectivity index (χ4n) is 2.51. The minimum absolute atomic E-state index is 0.0121. The van der Waals surface area contributed by atoms with Crippen LogP contribution in [-0.4, -0.2) is 15.3 Å². The molecule has 3 rings (SSSR count). The van der Waals surface area contributed by atoms with E-state index in [4.69, 9.17) is 104 Å². The lowest BCUT2D eigenvalue weighted by Gasteiger charge is -2.39. The lowest BCUT2D eigenvalue weighted by Crippen LogP contribution is -2.46. The molecule has 2 unspecified atom stereocenters. The van der Waals surface area contributed by atoms with Gasteiger partial charge in [0.15, 0.2) is 0 Å². The summed E-state index contributed by atoms with van der Waals surface area (Å²) < 4.78 is 0. The van der Waals surface area contributed by atoms with Gasteiger partial charge in [-0.2, -0.15) is 0 Å². The van der Waals surface area contributed by atoms with Crippen molar-refractivity contribution in [3.63, 3.8) is 0 Å². The second-order valence-electron chi connectivity index (χ2n) is 5.16. The molecular weight excluding hydrogens is 519 g/mol. The third-order valence-corrected chi connectivity index (χ3v) is 8.06. The first-order valence-corrected chi connectivity index (χ1v) is 9.63. The van der Waals surface area contributed by atoms with Gasteiger partial charge < -0.3 is 10.2 Å². The van der Waals surface area contributed by atoms with Gasteiger partial charge in [0.05, 0.1) is 35.2 Å². The van der Waals surface area contributed by atoms with Gasteiger partial charge in [0, 0.05) is 21.9 Å². The molecule has 1 aliphatic rings. The Balaban J connectivity index is 2.62. The first-order valence-electron chi connectivity index (χ1n) is 6.23. The Hall–Kier alpha value is 0.970. The van der Waals surface area contributed by atoms with Gasteiger partial charge in [-0.15, -0.1) is 0 Å². The van der Waals surface area contributed by atoms with E-state index in [1.165, 1.54) is 6.07 Å². The quantitative estimate of drug-likeness (QED) is 0.213. The van der Waals surface area contributed by atoms with Crippen LogP contribution in [0.15, 0.2) is 11.1 Å². The van der Waals surface area contributed by atoms with Crippen LogP contribution in [0.4, 0.5) is 0 Å². The van der Waals surface area contributed by atoms with Gasteiger partial charge in [-0.05, 0) is 6.07 Å². The summed E-state index contributed by atoms with van der Waals surface area (Å²) >= 11 is 55.2. The lowest BCUT2D eigenvalue weighted by molar-refractivity contribution is -0.0215. The number of fused-ring (bicyclic) bond motifs is 2. The SMILES string of the molecule is OC1(Cl)C(Cl)=C(Cl)c2c(cc3c(Cl)c(Cl)c(Cl)c(Cl)c3c2Cl)C1(O)Cl. The minimum atomic E-state index is -2.61. The number of rotatable bonds is 0. The van der Waals surface area contributed by atoms with Crippen molar-refractivity contribution in [2.45, 2.75) is 10.1 Å². The van der Waals surface area contributed by atoms with Crippen LogP contribution in [0, 0.1) is 0 Å². The number of halogens is 9. The number of hydrogen-bond donors (Lipinski definition) is 2. The number of hydrogen-bond acceptors (Lipinski definition) is 2. The van der Waals surface area contributed by atoms with E-state index in [0.717, 1.165) is 0 Å². The Morgan fingerprint density at radius 1 is 0.680 bits per heavy atom. The van der Waals surface area contributed by atoms with Crippen molar-refractivity contribution in [3.05, 3.63) is 47.3 Å². The molecule has 25 heavy (non-hydrogen) atoms. The van der Waals surface area contributed by atoms with Crippen molar-refractivity contribution in [2.75, 3.05) is 0 Å². The van der Waals surface area contributed by atoms with E-state index < -0.39 is 15.2 Å². The van der Waals surface area contributed by atoms with Crippen molar-refractivity contribution in [1.82, 2.24) is 0 Å². The van der Waals surface area contributed by atoms with Crippen LogP contribution in [0.3, 0.4) is 0 Å². The van der Waals surface area contributed by atoms with Crippen molar-refractivity contribution >= 4 is 120 Å². The predicted molar refractivity (Wildman–Crippen MR) is 108 cm³/mol. The Labute approximate surface area is 186 Å². The molecule has 2 N–H and O–H groups in total. The zero-order valence-electron chi connectivity index (χ0n) is 11.4. The number of benzene rings is 2. The van der Waals surface area contributed by atoms with Gasteiger partial charge >= 0.3 is 0 Å². The largest absolute Gasteiger partial charge is 0.367 e. The maximum absolute atomic E-state index is 10.6. The molecule has 0 amide bonds. The van der Waals surface area contributed by atoms with Gasteiger partial charge in [-0.3, -0.25) is 0 Å². The number of alkyl halides is 2. The molecule has 2 atom stereocenters. The topological polar surface area (TPSA) is 40.5 Å². The second kappa shape index (κ2) is 6.50. The first kappa shape index (κ1) is 20.7. The van der Waals surface area contributed by atoms with Gasteiger partial charge in [0.25, 0.3) is 0 Å². The van der Waals surface area contributed by atoms with E-state index in [1.54, 1.807) is 0 Å². The van der Waals surface area contributed by atoms with E-state index in [0.29, 0.717) is 0 Å². The summed E-state index contributed by atoms with van der Waals surface area (Å²) in [7, 11) is 0. The molecule has 134 valence electrons. The summed E-state index contributed by atoms with van der Waals surface area (Å²) in [6, 6.07) is 1.30. The summed E-state index contributed by atoms with van der Waals surface area (Å²) in [6.07, 6.45) is 0. The van der Waals surface area contributed by atoms with Crippen LogP contribution in [-0.2, 0) is 5.06 Å². The normalized spacial score (nSPS) is 26.4. The van der Waals surface area contributed by atoms with E-state index >= 15 is 0 Å². The molecule has 0 bridgehead atoms. The summed E-state index contributed by atoms with van der Waals surface area (Å²) in [6.45, 7) is 0. The standard InChI is InChI=1S/C14H3Cl9O2/c15-6-2-1-3-5(7(16)4(2)8(17)11(20)10(6)19)9(18)12(21)14(23,25)13(3,22)24/h1,24-25H. The molecule has 0 spiro atoms. The molecular formula is C14H3Cl9O2. The number of aliphatic hydroxyl groups is 2. The minimum Gasteiger partial charge on any atom is -0.367 e. The monoisotopic (exact) mass is 518 g/mol. The summed E-state index contributed by atoms with van der Waals surface area (Å²) in [5.41, 5.74) is -0.102. The second-order valence-corrected chi connectivity index (χ2v) is 8.90. The zero-order chi connectivity index (χ0) is 19.1. The smallest absolute Gasteiger partial charge is 0.224 e. The van der Waals surface area contributed by atoms with Gasteiger partial charge in [0.1, 0.15) is 0 Å². The van der Waals surface area contributed by atoms with Crippen molar-refractivity contribution in [2.24, 2.45) is 0 Å². The van der Waals surface area contributed by atoms with Gasteiger partial charge in [-0.25, -0.2) is 0 Å². The lowest BCUT2D eigenvalue weighted by atomic mass is 9.88. The first-order chi connectivity index (χ1) is 11.4. The van der Waals surface area contributed by atoms with Crippen LogP contribution in [0.2, 0.25) is 25.1 Å². The molecule has 1 aliphatic carbocycles. The highest BCUT2D eigenvalue weighted by Gasteiger charge is 2.56. The predicted octanol–water partition coefficient (Wildman–Crippen LogP) is 7.58. The van der Waals surface area contributed by atoms with Crippen molar-refractivity contribution in [1.29, 1.82) is 0 Å². The Morgan fingerprint density at radius 2 is 1.20 bits per heavy atom. The molecule has 2 aromatic carbocycles. The molecule has 0 heterocycles. The summed E-state index contributed by atoms with van der Waals surface area (Å²) in [4.78, 5) is 0. The van der Waals surface area contributed by atoms with Gasteiger partial charge in [-0.1, -0.05) is 104 Å². The molecule has 0 aliphatic heterocycles. The Kier molecular flexibility index (Phi) is 5.38. The molecule has 11 heteroatoms. The van der Waals surface area contributed by atoms with Crippen LogP contribution in [0.25, 0.3) is 15.8 Å². The van der Waals surface area contributed by atoms with Gasteiger partial charge in [0.2, 0.25) is 10.1 Å². The maximum atomic E-state index is 10.6. The van der Waals surface area contributed by atoms with E-state index in [9.17, 15) is 10.2 Å². The highest BCUT2D eigenvalue weighted by atomic mass is 35.5. The molecule has 0 radical (unpaired) electrons. The molecule has 0 saturated heterocycles. The van der Waals surface area contributed by atoms with Crippen molar-refractivity contribution < 1.29 is 10.2 Å². The average Bonchev–Trinajstić information content (AvgIpc) is 2.54. The Morgan fingerprint density at radius 3 is 1.76 bits per heavy atom.